The molecule has 22 heavy (non-hydrogen) atoms. The lowest BCUT2D eigenvalue weighted by molar-refractivity contribution is 0.0418. The molecule has 0 aliphatic rings. The van der Waals surface area contributed by atoms with Gasteiger partial charge in [0.1, 0.15) is 11.5 Å². The van der Waals surface area contributed by atoms with Gasteiger partial charge in [0.15, 0.2) is 13.7 Å². The molecule has 2 aromatic rings. The van der Waals surface area contributed by atoms with E-state index < -0.39 is 13.8 Å². The van der Waals surface area contributed by atoms with Crippen LogP contribution in [0.1, 0.15) is 64.9 Å². The molecule has 2 aromatic heterocycles. The largest absolute Gasteiger partial charge is 0.304 e. The summed E-state index contributed by atoms with van der Waals surface area (Å²) in [7, 11) is -2.07. The first-order valence-electron chi connectivity index (χ1n) is 7.73. The molecule has 6 heteroatoms. The number of nitrogens with zero attached hydrogens (tertiary/aromatic N) is 3. The van der Waals surface area contributed by atoms with Crippen LogP contribution in [0.15, 0.2) is 12.1 Å². The molecule has 0 radical (unpaired) electrons. The molecular formula is C16H26N3O2P. The zero-order chi connectivity index (χ0) is 16.7. The second kappa shape index (κ2) is 6.13. The van der Waals surface area contributed by atoms with E-state index in [9.17, 15) is 4.57 Å². The fourth-order valence-electron chi connectivity index (χ4n) is 2.67. The lowest BCUT2D eigenvalue weighted by Gasteiger charge is -2.29. The van der Waals surface area contributed by atoms with E-state index in [2.05, 4.69) is 32.7 Å². The minimum absolute atomic E-state index is 0.221. The van der Waals surface area contributed by atoms with Crippen LogP contribution in [0.3, 0.4) is 0 Å². The lowest BCUT2D eigenvalue weighted by atomic mass is 10.1. The van der Waals surface area contributed by atoms with Gasteiger partial charge in [-0.15, -0.1) is 0 Å². The molecule has 0 N–H and O–H groups in total. The van der Waals surface area contributed by atoms with Crippen LogP contribution in [0.2, 0.25) is 0 Å². The summed E-state index contributed by atoms with van der Waals surface area (Å²) < 4.78 is 19.4. The maximum absolute atomic E-state index is 11.6. The Morgan fingerprint density at radius 1 is 1.14 bits per heavy atom. The van der Waals surface area contributed by atoms with E-state index >= 15 is 0 Å². The van der Waals surface area contributed by atoms with Gasteiger partial charge in [-0.05, 0) is 31.9 Å². The Hall–Kier alpha value is -1.19. The first-order valence-corrected chi connectivity index (χ1v) is 9.54. The zero-order valence-corrected chi connectivity index (χ0v) is 15.5. The third-order valence-corrected chi connectivity index (χ3v) is 4.39. The molecule has 5 nitrogen and oxygen atoms in total. The number of fused-ring (bicyclic) bond motifs is 1. The molecule has 2 rings (SSSR count). The summed E-state index contributed by atoms with van der Waals surface area (Å²) in [6.45, 7) is 13.9. The van der Waals surface area contributed by atoms with Gasteiger partial charge in [-0.3, -0.25) is 9.13 Å². The molecule has 0 fully saturated rings. The van der Waals surface area contributed by atoms with Crippen LogP contribution in [-0.4, -0.2) is 21.2 Å². The van der Waals surface area contributed by atoms with E-state index in [1.165, 1.54) is 0 Å². The Morgan fingerprint density at radius 3 is 2.27 bits per heavy atom. The molecule has 122 valence electrons. The van der Waals surface area contributed by atoms with Crippen LogP contribution in [0.4, 0.5) is 0 Å². The molecule has 0 aromatic carbocycles. The maximum Gasteiger partial charge on any atom is 0.190 e. The Bertz CT molecular complexity index is 705. The summed E-state index contributed by atoms with van der Waals surface area (Å²) in [5.74, 6) is 1.48. The van der Waals surface area contributed by atoms with Gasteiger partial charge in [-0.2, -0.15) is 0 Å². The summed E-state index contributed by atoms with van der Waals surface area (Å²) in [4.78, 5) is 9.38. The van der Waals surface area contributed by atoms with Crippen LogP contribution in [0.25, 0.3) is 11.2 Å². The Kier molecular flexibility index (Phi) is 4.78. The quantitative estimate of drug-likeness (QED) is 0.761. The standard InChI is InChI=1S/C16H26N3O2P/c1-10(2)12-8-9-13-14(17-12)18-15(11(3)4)19(13)16(5,6)21-22(7)20/h8-11,22H,1-7H3. The van der Waals surface area contributed by atoms with Gasteiger partial charge in [0.2, 0.25) is 0 Å². The predicted molar refractivity (Wildman–Crippen MR) is 91.0 cm³/mol. The molecule has 0 saturated carbocycles. The molecule has 0 aliphatic heterocycles. The summed E-state index contributed by atoms with van der Waals surface area (Å²) in [5, 5.41) is 0. The summed E-state index contributed by atoms with van der Waals surface area (Å²) in [6, 6.07) is 4.06. The van der Waals surface area contributed by atoms with Crippen LogP contribution in [0.5, 0.6) is 0 Å². The smallest absolute Gasteiger partial charge is 0.190 e. The van der Waals surface area contributed by atoms with Gasteiger partial charge in [0, 0.05) is 18.3 Å². The highest BCUT2D eigenvalue weighted by Crippen LogP contribution is 2.35. The van der Waals surface area contributed by atoms with E-state index in [0.717, 1.165) is 22.7 Å². The number of hydrogen-bond donors (Lipinski definition) is 0. The average molecular weight is 323 g/mol. The highest BCUT2D eigenvalue weighted by Gasteiger charge is 2.29. The molecule has 1 atom stereocenters. The van der Waals surface area contributed by atoms with Gasteiger partial charge in [-0.25, -0.2) is 9.97 Å². The molecule has 0 aliphatic carbocycles. The van der Waals surface area contributed by atoms with Gasteiger partial charge < -0.3 is 4.52 Å². The van der Waals surface area contributed by atoms with Crippen molar-refractivity contribution in [3.63, 3.8) is 0 Å². The van der Waals surface area contributed by atoms with Crippen molar-refractivity contribution in [1.29, 1.82) is 0 Å². The van der Waals surface area contributed by atoms with Crippen LogP contribution in [-0.2, 0) is 14.8 Å². The lowest BCUT2D eigenvalue weighted by Crippen LogP contribution is -2.29. The molecule has 1 unspecified atom stereocenters. The second-order valence-electron chi connectivity index (χ2n) is 6.73. The van der Waals surface area contributed by atoms with E-state index in [1.54, 1.807) is 6.66 Å². The van der Waals surface area contributed by atoms with Crippen molar-refractivity contribution in [2.24, 2.45) is 0 Å². The molecule has 0 saturated heterocycles. The van der Waals surface area contributed by atoms with Crippen molar-refractivity contribution in [3.05, 3.63) is 23.7 Å². The molecular weight excluding hydrogens is 297 g/mol. The van der Waals surface area contributed by atoms with E-state index in [1.807, 2.05) is 30.5 Å². The fraction of sp³-hybridized carbons (Fsp3) is 0.625. The molecule has 0 amide bonds. The van der Waals surface area contributed by atoms with Crippen molar-refractivity contribution in [1.82, 2.24) is 14.5 Å². The second-order valence-corrected chi connectivity index (χ2v) is 7.92. The average Bonchev–Trinajstić information content (AvgIpc) is 2.76. The van der Waals surface area contributed by atoms with E-state index in [4.69, 9.17) is 9.51 Å². The molecule has 0 bridgehead atoms. The zero-order valence-electron chi connectivity index (χ0n) is 14.5. The fourth-order valence-corrected chi connectivity index (χ4v) is 3.46. The summed E-state index contributed by atoms with van der Waals surface area (Å²) in [6.07, 6.45) is 0. The topological polar surface area (TPSA) is 57.0 Å². The Morgan fingerprint density at radius 2 is 1.77 bits per heavy atom. The van der Waals surface area contributed by atoms with Crippen LogP contribution < -0.4 is 0 Å². The van der Waals surface area contributed by atoms with E-state index in [-0.39, 0.29) is 5.92 Å². The first kappa shape index (κ1) is 17.2. The Labute approximate surface area is 133 Å². The van der Waals surface area contributed by atoms with Gasteiger partial charge in [0.05, 0.1) is 5.52 Å². The van der Waals surface area contributed by atoms with Crippen molar-refractivity contribution in [2.75, 3.05) is 6.66 Å². The van der Waals surface area contributed by atoms with E-state index in [0.29, 0.717) is 5.92 Å². The van der Waals surface area contributed by atoms with Crippen molar-refractivity contribution in [2.45, 2.75) is 59.1 Å². The SMILES string of the molecule is CC(C)c1ccc2c(n1)nc(C(C)C)n2C(C)(C)O[PH](C)=O. The normalized spacial score (nSPS) is 14.2. The predicted octanol–water partition coefficient (Wildman–Crippen LogP) is 4.49. The number of rotatable bonds is 5. The number of imidazole rings is 1. The summed E-state index contributed by atoms with van der Waals surface area (Å²) >= 11 is 0. The van der Waals surface area contributed by atoms with Crippen molar-refractivity contribution in [3.8, 4) is 0 Å². The third-order valence-electron chi connectivity index (χ3n) is 3.61. The monoisotopic (exact) mass is 323 g/mol. The van der Waals surface area contributed by atoms with Crippen LogP contribution >= 0.6 is 8.03 Å². The molecule has 0 spiro atoms. The minimum atomic E-state index is -2.07. The van der Waals surface area contributed by atoms with Gasteiger partial charge in [0.25, 0.3) is 0 Å². The number of pyridine rings is 1. The third kappa shape index (κ3) is 3.26. The highest BCUT2D eigenvalue weighted by molar-refractivity contribution is 7.38. The van der Waals surface area contributed by atoms with Gasteiger partial charge in [-0.1, -0.05) is 27.7 Å². The van der Waals surface area contributed by atoms with Crippen molar-refractivity contribution < 1.29 is 9.09 Å². The maximum atomic E-state index is 11.6. The number of hydrogen-bond acceptors (Lipinski definition) is 4. The minimum Gasteiger partial charge on any atom is -0.304 e. The highest BCUT2D eigenvalue weighted by atomic mass is 31.1. The van der Waals surface area contributed by atoms with Gasteiger partial charge >= 0.3 is 0 Å². The Balaban J connectivity index is 2.70. The molecule has 2 heterocycles. The first-order chi connectivity index (χ1) is 10.1. The van der Waals surface area contributed by atoms with Crippen LogP contribution in [0, 0.1) is 0 Å². The number of aromatic nitrogens is 3. The summed E-state index contributed by atoms with van der Waals surface area (Å²) in [5.41, 5.74) is 1.94. The van der Waals surface area contributed by atoms with Crippen molar-refractivity contribution >= 4 is 19.2 Å².